The fourth-order valence-electron chi connectivity index (χ4n) is 3.77. The Labute approximate surface area is 207 Å². The Balaban J connectivity index is 0. The molecule has 0 aliphatic carbocycles. The number of nitrogens with zero attached hydrogens (tertiary/aromatic N) is 1. The zero-order chi connectivity index (χ0) is 26.0. The Hall–Kier alpha value is -0.850. The van der Waals surface area contributed by atoms with Gasteiger partial charge in [0.25, 0.3) is 0 Å². The Morgan fingerprint density at radius 2 is 1.34 bits per heavy atom. The summed E-state index contributed by atoms with van der Waals surface area (Å²) in [6, 6.07) is 0. The van der Waals surface area contributed by atoms with E-state index in [4.69, 9.17) is 14.0 Å². The van der Waals surface area contributed by atoms with E-state index in [1.54, 1.807) is 0 Å². The van der Waals surface area contributed by atoms with Crippen molar-refractivity contribution in [3.05, 3.63) is 0 Å². The molecule has 0 radical (unpaired) electrons. The third-order valence-electron chi connectivity index (χ3n) is 5.40. The molecule has 0 aromatic rings. The lowest BCUT2D eigenvalue weighted by Crippen LogP contribution is -3.00. The van der Waals surface area contributed by atoms with Gasteiger partial charge in [-0.1, -0.05) is 90.4 Å². The van der Waals surface area contributed by atoms with Gasteiger partial charge in [-0.2, -0.15) is 0 Å². The molecule has 0 saturated heterocycles. The number of aliphatic carboxylic acids is 1. The van der Waals surface area contributed by atoms with Gasteiger partial charge in [-0.05, 0) is 6.42 Å². The number of carboxylic acid groups (broad SMARTS) is 1. The zero-order valence-electron chi connectivity index (χ0n) is 23.6. The number of halogens is 1. The van der Waals surface area contributed by atoms with E-state index >= 15 is 0 Å². The number of hydrogen-bond donors (Lipinski definition) is 2. The maximum absolute atomic E-state index is 12.2. The lowest BCUT2D eigenvalue weighted by Gasteiger charge is -2.28. The van der Waals surface area contributed by atoms with Crippen LogP contribution in [0.5, 0.6) is 0 Å². The van der Waals surface area contributed by atoms with E-state index in [1.807, 2.05) is 0 Å². The van der Waals surface area contributed by atoms with Crippen LogP contribution in [0.3, 0.4) is 0 Å². The Kier molecular flexibility index (Phi) is 17.8. The molecule has 0 amide bonds. The van der Waals surface area contributed by atoms with Gasteiger partial charge in [0.2, 0.25) is 0 Å². The normalized spacial score (nSPS) is 15.1. The first-order chi connectivity index (χ1) is 15.9. The summed E-state index contributed by atoms with van der Waals surface area (Å²) in [5.41, 5.74) is 0. The van der Waals surface area contributed by atoms with Gasteiger partial charge in [0.1, 0.15) is 6.54 Å². The number of ether oxygens (including phenoxy) is 1. The summed E-state index contributed by atoms with van der Waals surface area (Å²) >= 11 is 0. The minimum atomic E-state index is -2.36. The molecule has 0 aliphatic rings. The van der Waals surface area contributed by atoms with Crippen molar-refractivity contribution in [3.63, 3.8) is 0 Å². The molecular formula is C25H50ClNO5. The molecule has 0 saturated carbocycles. The van der Waals surface area contributed by atoms with E-state index in [0.29, 0.717) is 6.42 Å². The smallest absolute Gasteiger partial charge is 0.308 e. The highest BCUT2D eigenvalue weighted by molar-refractivity contribution is 5.71. The van der Waals surface area contributed by atoms with E-state index in [1.165, 1.54) is 78.3 Å². The molecule has 0 aromatic heterocycles. The summed E-state index contributed by atoms with van der Waals surface area (Å²) in [5, 5.41) is 19.2. The van der Waals surface area contributed by atoms with Crippen LogP contribution in [0.1, 0.15) is 114 Å². The number of hydrogen-bond acceptors (Lipinski definition) is 4. The fraction of sp³-hybridized carbons (Fsp3) is 0.920. The van der Waals surface area contributed by atoms with Gasteiger partial charge in [0.15, 0.2) is 6.10 Å². The van der Waals surface area contributed by atoms with E-state index in [0.717, 1.165) is 19.3 Å². The van der Waals surface area contributed by atoms with Crippen LogP contribution in [0.2, 0.25) is 0 Å². The average Bonchev–Trinajstić information content (AvgIpc) is 2.69. The largest absolute Gasteiger partial charge is 1.00 e. The van der Waals surface area contributed by atoms with Crippen molar-refractivity contribution in [2.45, 2.75) is 122 Å². The number of aliphatic hydroxyl groups is 1. The Morgan fingerprint density at radius 1 is 0.875 bits per heavy atom. The summed E-state index contributed by atoms with van der Waals surface area (Å²) in [5.74, 6) is -1.87. The molecule has 0 aromatic carbocycles. The van der Waals surface area contributed by atoms with Crippen LogP contribution in [0.4, 0.5) is 0 Å². The minimum absolute atomic E-state index is 0. The van der Waals surface area contributed by atoms with Crippen molar-refractivity contribution in [3.8, 4) is 0 Å². The standard InChI is InChI=1S/C25H49NO5.ClH/c1-5-6-7-8-9-10-11-12-13-14-15-16-17-18-22(27)19-25(30)31-23(20-24(28)29)21-26(2,3)4;/h22-23,27H,5-21H2,1-4H3;1H/t22?,23-;/m1./s1/i2D3;. The van der Waals surface area contributed by atoms with Crippen LogP contribution < -0.4 is 12.4 Å². The van der Waals surface area contributed by atoms with Crippen LogP contribution in [0.15, 0.2) is 0 Å². The lowest BCUT2D eigenvalue weighted by molar-refractivity contribution is -0.873. The van der Waals surface area contributed by atoms with Crippen LogP contribution in [-0.2, 0) is 14.3 Å². The Bertz CT molecular complexity index is 562. The maximum atomic E-state index is 12.2. The third-order valence-corrected chi connectivity index (χ3v) is 5.40. The van der Waals surface area contributed by atoms with Crippen molar-refractivity contribution in [1.29, 1.82) is 0 Å². The van der Waals surface area contributed by atoms with Gasteiger partial charge in [-0.25, -0.2) is 0 Å². The zero-order valence-corrected chi connectivity index (χ0v) is 21.4. The first kappa shape index (κ1) is 27.4. The second-order valence-electron chi connectivity index (χ2n) is 9.47. The van der Waals surface area contributed by atoms with Crippen LogP contribution in [-0.4, -0.2) is 66.5 Å². The summed E-state index contributed by atoms with van der Waals surface area (Å²) in [7, 11) is 2.89. The fourth-order valence-corrected chi connectivity index (χ4v) is 3.77. The SMILES string of the molecule is [2H]C([2H])([2H])[N+](C)(C)C[C@@H](CC(=O)O)OC(=O)CC(O)CCCCCCCCCCCCCCC.[Cl-]. The number of unbranched alkanes of at least 4 members (excludes halogenated alkanes) is 12. The van der Waals surface area contributed by atoms with Crippen LogP contribution in [0, 0.1) is 0 Å². The molecule has 7 heteroatoms. The quantitative estimate of drug-likeness (QED) is 0.149. The molecule has 0 fully saturated rings. The molecule has 0 bridgehead atoms. The second kappa shape index (κ2) is 20.7. The highest BCUT2D eigenvalue weighted by Crippen LogP contribution is 2.15. The molecule has 32 heavy (non-hydrogen) atoms. The number of aliphatic hydroxyl groups excluding tert-OH is 1. The van der Waals surface area contributed by atoms with Crippen LogP contribution >= 0.6 is 0 Å². The van der Waals surface area contributed by atoms with Gasteiger partial charge in [-0.15, -0.1) is 0 Å². The highest BCUT2D eigenvalue weighted by Gasteiger charge is 2.25. The first-order valence-corrected chi connectivity index (χ1v) is 12.3. The van der Waals surface area contributed by atoms with Crippen molar-refractivity contribution in [2.75, 3.05) is 27.6 Å². The molecule has 1 unspecified atom stereocenters. The molecule has 0 spiro atoms. The molecule has 192 valence electrons. The maximum Gasteiger partial charge on any atom is 0.308 e. The summed E-state index contributed by atoms with van der Waals surface area (Å²) in [4.78, 5) is 23.3. The number of quaternary nitrogens is 1. The van der Waals surface area contributed by atoms with Crippen molar-refractivity contribution in [1.82, 2.24) is 0 Å². The van der Waals surface area contributed by atoms with Crippen molar-refractivity contribution < 1.29 is 45.5 Å². The molecular weight excluding hydrogens is 430 g/mol. The highest BCUT2D eigenvalue weighted by atomic mass is 35.5. The summed E-state index contributed by atoms with van der Waals surface area (Å²) in [6.45, 7) is -0.275. The molecule has 6 nitrogen and oxygen atoms in total. The summed E-state index contributed by atoms with van der Waals surface area (Å²) in [6.07, 6.45) is 14.0. The monoisotopic (exact) mass is 482 g/mol. The average molecular weight is 483 g/mol. The number of carbonyl (C=O) groups is 2. The van der Waals surface area contributed by atoms with Crippen LogP contribution in [0.25, 0.3) is 0 Å². The third kappa shape index (κ3) is 23.8. The van der Waals surface area contributed by atoms with Gasteiger partial charge in [0, 0.05) is 0 Å². The number of carboxylic acids is 1. The van der Waals surface area contributed by atoms with Gasteiger partial charge in [0.05, 0.1) is 44.1 Å². The number of likely N-dealkylation sites (N-methyl/N-ethyl adjacent to an activating group) is 1. The number of esters is 1. The Morgan fingerprint density at radius 3 is 1.78 bits per heavy atom. The predicted molar refractivity (Wildman–Crippen MR) is 126 cm³/mol. The van der Waals surface area contributed by atoms with Crippen molar-refractivity contribution >= 4 is 11.9 Å². The molecule has 0 aliphatic heterocycles. The van der Waals surface area contributed by atoms with E-state index < -0.39 is 42.0 Å². The first-order valence-electron chi connectivity index (χ1n) is 13.8. The molecule has 2 atom stereocenters. The van der Waals surface area contributed by atoms with E-state index in [-0.39, 0.29) is 25.4 Å². The number of rotatable bonds is 21. The van der Waals surface area contributed by atoms with Crippen molar-refractivity contribution in [2.24, 2.45) is 0 Å². The second-order valence-corrected chi connectivity index (χ2v) is 9.47. The van der Waals surface area contributed by atoms with E-state index in [2.05, 4.69) is 6.92 Å². The predicted octanol–water partition coefficient (Wildman–Crippen LogP) is 2.32. The lowest BCUT2D eigenvalue weighted by atomic mass is 10.0. The van der Waals surface area contributed by atoms with Gasteiger partial charge in [-0.3, -0.25) is 9.59 Å². The van der Waals surface area contributed by atoms with E-state index in [9.17, 15) is 14.7 Å². The molecule has 2 N–H and O–H groups in total. The molecule has 0 heterocycles. The topological polar surface area (TPSA) is 83.8 Å². The van der Waals surface area contributed by atoms with Gasteiger partial charge >= 0.3 is 11.9 Å². The minimum Gasteiger partial charge on any atom is -1.00 e. The number of carbonyl (C=O) groups excluding carboxylic acids is 1. The summed E-state index contributed by atoms with van der Waals surface area (Å²) < 4.78 is 27.5. The van der Waals surface area contributed by atoms with Gasteiger partial charge < -0.3 is 31.8 Å². The molecule has 0 rings (SSSR count).